The van der Waals surface area contributed by atoms with Crippen LogP contribution in [-0.2, 0) is 24.0 Å². The molecule has 2 saturated heterocycles. The highest BCUT2D eigenvalue weighted by Crippen LogP contribution is 2.30. The lowest BCUT2D eigenvalue weighted by Crippen LogP contribution is -2.44. The number of likely N-dealkylation sites (N-methyl/N-ethyl adjacent to an activating group) is 2. The molecule has 0 bridgehead atoms. The third kappa shape index (κ3) is 34.6. The number of nitrogens with one attached hydrogen (secondary N) is 12. The van der Waals surface area contributed by atoms with Crippen molar-refractivity contribution in [3.8, 4) is 11.6 Å². The fourth-order valence-corrected chi connectivity index (χ4v) is 12.8. The van der Waals surface area contributed by atoms with Crippen molar-refractivity contribution in [2.75, 3.05) is 131 Å². The van der Waals surface area contributed by atoms with Gasteiger partial charge in [0.2, 0.25) is 35.4 Å². The average Bonchev–Trinajstić information content (AvgIpc) is 1.86. The number of hydrogen-bond donors (Lipinski definition) is 12. The molecule has 0 spiro atoms. The summed E-state index contributed by atoms with van der Waals surface area (Å²) in [5.41, 5.74) is 4.21. The number of benzene rings is 5. The molecule has 10 heterocycles. The van der Waals surface area contributed by atoms with Crippen molar-refractivity contribution < 1.29 is 37.5 Å². The molecule has 0 radical (unpaired) electrons. The molecule has 2 aliphatic heterocycles. The fourth-order valence-electron chi connectivity index (χ4n) is 12.5. The zero-order valence-corrected chi connectivity index (χ0v) is 75.8. The van der Waals surface area contributed by atoms with E-state index in [1.54, 1.807) is 119 Å². The molecule has 15 rings (SSSR count). The van der Waals surface area contributed by atoms with E-state index in [0.717, 1.165) is 42.7 Å². The number of carbonyl (C=O) groups is 5. The number of piperidine rings is 1. The van der Waals surface area contributed by atoms with E-state index in [2.05, 4.69) is 148 Å². The molecule has 8 aromatic heterocycles. The molecule has 2 aliphatic rings. The van der Waals surface area contributed by atoms with Crippen molar-refractivity contribution in [2.45, 2.75) is 38.3 Å². The number of carbonyl (C=O) groups excluding carboxylic acids is 5. The third-order valence-electron chi connectivity index (χ3n) is 18.7. The Morgan fingerprint density at radius 2 is 0.763 bits per heavy atom. The molecular formula is C96H99Cl2F2N29O6. The van der Waals surface area contributed by atoms with Crippen LogP contribution in [0, 0.1) is 18.6 Å². The maximum Gasteiger partial charge on any atom is 0.249 e. The lowest BCUT2D eigenvalue weighted by atomic mass is 10.1. The highest BCUT2D eigenvalue weighted by Gasteiger charge is 2.26. The fraction of sp³-hybridized carbons (Fsp3) is 0.167. The number of aromatic nitrogens is 13. The van der Waals surface area contributed by atoms with Gasteiger partial charge in [0.1, 0.15) is 136 Å². The van der Waals surface area contributed by atoms with Crippen LogP contribution >= 0.6 is 23.2 Å². The van der Waals surface area contributed by atoms with Gasteiger partial charge in [0, 0.05) is 117 Å². The molecule has 5 aromatic carbocycles. The Hall–Kier alpha value is -16.6. The van der Waals surface area contributed by atoms with E-state index in [1.807, 2.05) is 130 Å². The molecule has 13 aromatic rings. The lowest BCUT2D eigenvalue weighted by Gasteiger charge is -2.32. The van der Waals surface area contributed by atoms with Gasteiger partial charge in [0.15, 0.2) is 0 Å². The number of para-hydroxylation sites is 2. The van der Waals surface area contributed by atoms with Crippen LogP contribution in [0.1, 0.15) is 24.8 Å². The number of likely N-dealkylation sites (tertiary alicyclic amines) is 2. The smallest absolute Gasteiger partial charge is 0.249 e. The molecule has 692 valence electrons. The number of ether oxygens (including phenoxy) is 1. The zero-order chi connectivity index (χ0) is 95.6. The summed E-state index contributed by atoms with van der Waals surface area (Å²) in [5, 5.41) is 36.6. The highest BCUT2D eigenvalue weighted by molar-refractivity contribution is 6.31. The van der Waals surface area contributed by atoms with Crippen LogP contribution < -0.4 is 68.5 Å². The van der Waals surface area contributed by atoms with Crippen LogP contribution in [0.25, 0.3) is 0 Å². The molecule has 5 amide bonds. The van der Waals surface area contributed by atoms with Crippen LogP contribution in [0.15, 0.2) is 300 Å². The van der Waals surface area contributed by atoms with E-state index in [9.17, 15) is 32.8 Å². The summed E-state index contributed by atoms with van der Waals surface area (Å²) in [7, 11) is 7.74. The normalized spacial score (nSPS) is 12.9. The molecule has 2 unspecified atom stereocenters. The van der Waals surface area contributed by atoms with Gasteiger partial charge in [-0.05, 0) is 187 Å². The highest BCUT2D eigenvalue weighted by atomic mass is 35.5. The van der Waals surface area contributed by atoms with Gasteiger partial charge < -0.3 is 88.1 Å². The number of nitrogens with zero attached hydrogens (tertiary/aromatic N) is 17. The van der Waals surface area contributed by atoms with Crippen LogP contribution in [-0.4, -0.2) is 193 Å². The van der Waals surface area contributed by atoms with E-state index >= 15 is 0 Å². The monoisotopic (exact) mass is 1860 g/mol. The molecular weight excluding hydrogens is 1760 g/mol. The van der Waals surface area contributed by atoms with Gasteiger partial charge in [-0.25, -0.2) is 73.6 Å². The summed E-state index contributed by atoms with van der Waals surface area (Å²) in [6.07, 6.45) is 20.3. The van der Waals surface area contributed by atoms with E-state index in [1.165, 1.54) is 86.3 Å². The summed E-state index contributed by atoms with van der Waals surface area (Å²) in [6.45, 7) is 16.5. The Bertz CT molecular complexity index is 6230. The molecule has 39 heteroatoms. The average molecular weight is 1860 g/mol. The number of rotatable bonds is 32. The molecule has 0 saturated carbocycles. The van der Waals surface area contributed by atoms with Crippen LogP contribution in [0.4, 0.5) is 119 Å². The summed E-state index contributed by atoms with van der Waals surface area (Å²) < 4.78 is 32.2. The molecule has 35 nitrogen and oxygen atoms in total. The predicted octanol–water partition coefficient (Wildman–Crippen LogP) is 17.5. The first-order valence-electron chi connectivity index (χ1n) is 42.1. The second kappa shape index (κ2) is 51.7. The summed E-state index contributed by atoms with van der Waals surface area (Å²) in [6, 6.07) is 60.7. The van der Waals surface area contributed by atoms with Crippen molar-refractivity contribution in [1.29, 1.82) is 0 Å². The van der Waals surface area contributed by atoms with Gasteiger partial charge in [0.05, 0.1) is 10.0 Å². The van der Waals surface area contributed by atoms with Crippen LogP contribution in [0.2, 0.25) is 10.0 Å². The summed E-state index contributed by atoms with van der Waals surface area (Å²) in [5.74, 6) is 7.59. The number of hydrogen-bond acceptors (Lipinski definition) is 30. The molecule has 135 heavy (non-hydrogen) atoms. The largest absolute Gasteiger partial charge is 0.439 e. The van der Waals surface area contributed by atoms with Crippen molar-refractivity contribution in [1.82, 2.24) is 84.4 Å². The maximum absolute atomic E-state index is 13.2. The minimum Gasteiger partial charge on any atom is -0.439 e. The van der Waals surface area contributed by atoms with Gasteiger partial charge in [0.25, 0.3) is 0 Å². The Kier molecular flexibility index (Phi) is 37.9. The van der Waals surface area contributed by atoms with Crippen LogP contribution in [0.3, 0.4) is 0 Å². The van der Waals surface area contributed by atoms with Crippen molar-refractivity contribution in [2.24, 2.45) is 0 Å². The van der Waals surface area contributed by atoms with Crippen molar-refractivity contribution in [3.63, 3.8) is 0 Å². The zero-order valence-electron chi connectivity index (χ0n) is 74.3. The number of aryl methyl sites for hydroxylation is 1. The van der Waals surface area contributed by atoms with Gasteiger partial charge in [-0.2, -0.15) is 0 Å². The Balaban J connectivity index is 0.000000163. The quantitative estimate of drug-likeness (QED) is 0.0174. The van der Waals surface area contributed by atoms with Gasteiger partial charge in [-0.1, -0.05) is 122 Å². The number of amides is 5. The minimum absolute atomic E-state index is 0.0373. The van der Waals surface area contributed by atoms with E-state index in [-0.39, 0.29) is 51.7 Å². The first-order valence-corrected chi connectivity index (χ1v) is 42.8. The molecule has 2 atom stereocenters. The van der Waals surface area contributed by atoms with Gasteiger partial charge in [-0.15, -0.1) is 0 Å². The second-order valence-corrected chi connectivity index (χ2v) is 30.8. The minimum atomic E-state index is -0.475. The molecule has 0 aliphatic carbocycles. The lowest BCUT2D eigenvalue weighted by molar-refractivity contribution is -0.127. The maximum atomic E-state index is 13.2. The number of halogens is 4. The van der Waals surface area contributed by atoms with E-state index in [4.69, 9.17) is 27.9 Å². The second-order valence-electron chi connectivity index (χ2n) is 30.0. The Labute approximate surface area is 788 Å². The summed E-state index contributed by atoms with van der Waals surface area (Å²) >= 11 is 11.6. The number of anilines is 19. The van der Waals surface area contributed by atoms with E-state index in [0.29, 0.717) is 143 Å². The Morgan fingerprint density at radius 3 is 1.18 bits per heavy atom. The molecule has 2 fully saturated rings. The topological polar surface area (TPSA) is 419 Å². The predicted molar refractivity (Wildman–Crippen MR) is 527 cm³/mol. The third-order valence-corrected chi connectivity index (χ3v) is 19.3. The van der Waals surface area contributed by atoms with E-state index < -0.39 is 11.6 Å². The number of pyridine rings is 3. The Morgan fingerprint density at radius 1 is 0.393 bits per heavy atom. The van der Waals surface area contributed by atoms with Gasteiger partial charge in [-0.3, -0.25) is 24.0 Å². The standard InChI is InChI=1S/C22H24N6O2.C21H23N7O.C18H19ClFN5O.C18H16N6O.C17H17ClFN5O/c1-16-7-4-8-17(13-16)30-22-14-20(23-15-24-22)26-18-9-5-10-19(25-18)27-21(29)11-6-12-28(2)3;1-28(2)13-7-12-21(29)27-18-11-6-10-17(25-18)26-20-14-19(22-15-23-20)24-16-8-4-3-5-9-16;1-2-18(26)25-7-3-4-13(10-25)24-17-9-16(21-11-22-17)23-12-5-6-15(20)14(19)8-12;1-2-18(25)24-15-10-6-9-14(22-15)23-17-11-16(19-12-20-17)21-13-7-4-3-5-8-13;1-2-17(25)24-6-5-12(9-24)23-16-8-15(20-10-21-16)22-11-3-4-14(19)13(18)7-11/h4-11,13-15H,12H2,1-3H3,(H2,23,24,25,26,27,29);3-12,14-15H,13H2,1-2H3,(H3,22,23,24,25,26,27,29);2,5-6,8-9,11,13H,1,3-4,7,10H2,(H2,21,22,23,24);2-12H,1H2,(H3,19,20,21,22,23,24,25);2-4,7-8,10,12H,1,5-6,9H2,(H2,20,21,22,23)/b11-6+;12-7+;;;. The summed E-state index contributed by atoms with van der Waals surface area (Å²) in [4.78, 5) is 121. The first kappa shape index (κ1) is 98.9. The van der Waals surface area contributed by atoms with Crippen molar-refractivity contribution in [3.05, 3.63) is 327 Å². The van der Waals surface area contributed by atoms with Crippen molar-refractivity contribution >= 4 is 163 Å². The van der Waals surface area contributed by atoms with Gasteiger partial charge >= 0.3 is 0 Å². The van der Waals surface area contributed by atoms with Crippen LogP contribution in [0.5, 0.6) is 11.6 Å². The first-order chi connectivity index (χ1) is 65.4. The SMILES string of the molecule is C=CC(=O)N1CCC(Nc2cc(Nc3ccc(F)c(Cl)c3)ncn2)C1.C=CC(=O)N1CCCC(Nc2cc(Nc3ccc(F)c(Cl)c3)ncn2)C1.C=CC(=O)Nc1cccc(Nc2cc(Nc3ccccc3)ncn2)n1.CN(C)C/C=C/C(=O)Nc1cccc(Nc2cc(Nc3ccccc3)ncn2)n1.Cc1cccc(Oc2cc(Nc3cccc(NC(=O)/C=C/CN(C)C)n3)ncn2)c1. The molecule has 12 N–H and O–H groups in total.